The smallest absolute Gasteiger partial charge is 0.262 e. The molecule has 1 heterocycles. The Morgan fingerprint density at radius 1 is 1.20 bits per heavy atom. The van der Waals surface area contributed by atoms with Gasteiger partial charge in [-0.1, -0.05) is 31.5 Å². The molecule has 1 unspecified atom stereocenters. The third-order valence-corrected chi connectivity index (χ3v) is 3.65. The summed E-state index contributed by atoms with van der Waals surface area (Å²) >= 11 is 5.89. The van der Waals surface area contributed by atoms with E-state index in [2.05, 4.69) is 20.8 Å². The van der Waals surface area contributed by atoms with Gasteiger partial charge in [-0.15, -0.1) is 0 Å². The van der Waals surface area contributed by atoms with Gasteiger partial charge in [-0.25, -0.2) is 5.43 Å². The molecule has 1 atom stereocenters. The molecule has 2 aromatic rings. The van der Waals surface area contributed by atoms with E-state index >= 15 is 0 Å². The molecule has 0 saturated heterocycles. The number of halogens is 1. The summed E-state index contributed by atoms with van der Waals surface area (Å²) in [6, 6.07) is 9.35. The van der Waals surface area contributed by atoms with E-state index in [-0.39, 0.29) is 11.8 Å². The van der Waals surface area contributed by atoms with Crippen molar-refractivity contribution in [3.05, 3.63) is 64.9 Å². The molecule has 0 spiro atoms. The van der Waals surface area contributed by atoms with E-state index in [0.29, 0.717) is 10.6 Å². The second-order valence-corrected chi connectivity index (χ2v) is 6.16. The molecule has 0 bridgehead atoms. The Balaban J connectivity index is 2.00. The topological polar surface area (TPSA) is 83.5 Å². The summed E-state index contributed by atoms with van der Waals surface area (Å²) in [5, 5.41) is 7.09. The van der Waals surface area contributed by atoms with E-state index < -0.39 is 11.9 Å². The molecule has 0 aliphatic rings. The molecule has 0 fully saturated rings. The van der Waals surface area contributed by atoms with E-state index in [9.17, 15) is 9.59 Å². The van der Waals surface area contributed by atoms with Gasteiger partial charge in [0.05, 0.1) is 6.21 Å². The SMILES string of the molecule is CC(C)C(NC(=O)c1cccc(Cl)c1)C(=O)N/N=C/c1ccncc1. The van der Waals surface area contributed by atoms with Gasteiger partial charge < -0.3 is 5.32 Å². The average molecular weight is 359 g/mol. The highest BCUT2D eigenvalue weighted by Gasteiger charge is 2.24. The highest BCUT2D eigenvalue weighted by molar-refractivity contribution is 6.31. The zero-order valence-corrected chi connectivity index (χ0v) is 14.7. The molecule has 0 aliphatic carbocycles. The van der Waals surface area contributed by atoms with E-state index in [1.165, 1.54) is 6.21 Å². The fourth-order valence-corrected chi connectivity index (χ4v) is 2.27. The molecule has 0 saturated carbocycles. The molecule has 2 amide bonds. The largest absolute Gasteiger partial charge is 0.340 e. The molecule has 2 N–H and O–H groups in total. The van der Waals surface area contributed by atoms with Crippen LogP contribution in [0, 0.1) is 5.92 Å². The number of amides is 2. The molecule has 1 aromatic heterocycles. The maximum absolute atomic E-state index is 12.3. The van der Waals surface area contributed by atoms with E-state index in [4.69, 9.17) is 11.6 Å². The fraction of sp³-hybridized carbons (Fsp3) is 0.222. The summed E-state index contributed by atoms with van der Waals surface area (Å²) < 4.78 is 0. The maximum Gasteiger partial charge on any atom is 0.262 e. The van der Waals surface area contributed by atoms with Gasteiger partial charge >= 0.3 is 0 Å². The van der Waals surface area contributed by atoms with Crippen molar-refractivity contribution in [1.82, 2.24) is 15.7 Å². The minimum absolute atomic E-state index is 0.112. The van der Waals surface area contributed by atoms with Gasteiger partial charge in [-0.05, 0) is 41.8 Å². The predicted octanol–water partition coefficient (Wildman–Crippen LogP) is 2.64. The third kappa shape index (κ3) is 5.69. The van der Waals surface area contributed by atoms with E-state index in [1.54, 1.807) is 48.8 Å². The van der Waals surface area contributed by atoms with Crippen LogP contribution in [0.2, 0.25) is 5.02 Å². The van der Waals surface area contributed by atoms with Crippen LogP contribution >= 0.6 is 11.6 Å². The average Bonchev–Trinajstić information content (AvgIpc) is 2.60. The fourth-order valence-electron chi connectivity index (χ4n) is 2.08. The van der Waals surface area contributed by atoms with Crippen LogP contribution in [0.3, 0.4) is 0 Å². The normalized spacial score (nSPS) is 12.2. The van der Waals surface area contributed by atoms with Gasteiger partial charge in [-0.3, -0.25) is 14.6 Å². The van der Waals surface area contributed by atoms with Crippen LogP contribution in [-0.2, 0) is 4.79 Å². The van der Waals surface area contributed by atoms with Crippen molar-refractivity contribution in [3.8, 4) is 0 Å². The van der Waals surface area contributed by atoms with Crippen molar-refractivity contribution in [1.29, 1.82) is 0 Å². The van der Waals surface area contributed by atoms with Crippen LogP contribution in [0.25, 0.3) is 0 Å². The Bertz CT molecular complexity index is 763. The number of benzene rings is 1. The highest BCUT2D eigenvalue weighted by atomic mass is 35.5. The number of hydrogen-bond acceptors (Lipinski definition) is 4. The summed E-state index contributed by atoms with van der Waals surface area (Å²) in [6.45, 7) is 3.68. The quantitative estimate of drug-likeness (QED) is 0.615. The summed E-state index contributed by atoms with van der Waals surface area (Å²) in [5.41, 5.74) is 3.65. The van der Waals surface area contributed by atoms with Gasteiger partial charge in [0.2, 0.25) is 0 Å². The van der Waals surface area contributed by atoms with Crippen molar-refractivity contribution in [2.75, 3.05) is 0 Å². The Hall–Kier alpha value is -2.73. The summed E-state index contributed by atoms with van der Waals surface area (Å²) in [5.74, 6) is -0.871. The minimum Gasteiger partial charge on any atom is -0.340 e. The monoisotopic (exact) mass is 358 g/mol. The maximum atomic E-state index is 12.3. The Kier molecular flexibility index (Phi) is 6.65. The van der Waals surface area contributed by atoms with Crippen LogP contribution in [-0.4, -0.2) is 29.1 Å². The summed E-state index contributed by atoms with van der Waals surface area (Å²) in [4.78, 5) is 28.5. The molecule has 25 heavy (non-hydrogen) atoms. The second kappa shape index (κ2) is 8.94. The van der Waals surface area contributed by atoms with Gasteiger partial charge in [0.25, 0.3) is 11.8 Å². The molecule has 1 aromatic carbocycles. The Morgan fingerprint density at radius 2 is 1.92 bits per heavy atom. The van der Waals surface area contributed by atoms with Crippen LogP contribution in [0.15, 0.2) is 53.9 Å². The summed E-state index contributed by atoms with van der Waals surface area (Å²) in [7, 11) is 0. The molecule has 130 valence electrons. The van der Waals surface area contributed by atoms with Gasteiger partial charge in [-0.2, -0.15) is 5.10 Å². The first kappa shape index (κ1) is 18.6. The zero-order valence-electron chi connectivity index (χ0n) is 13.9. The molecule has 7 heteroatoms. The van der Waals surface area contributed by atoms with Crippen LogP contribution in [0.5, 0.6) is 0 Å². The molecule has 6 nitrogen and oxygen atoms in total. The number of nitrogens with zero attached hydrogens (tertiary/aromatic N) is 2. The number of carbonyl (C=O) groups is 2. The number of aromatic nitrogens is 1. The number of hydrogen-bond donors (Lipinski definition) is 2. The second-order valence-electron chi connectivity index (χ2n) is 5.72. The van der Waals surface area contributed by atoms with Gasteiger partial charge in [0.15, 0.2) is 0 Å². The standard InChI is InChI=1S/C18H19ClN4O2/c1-12(2)16(22-17(24)14-4-3-5-15(19)10-14)18(25)23-21-11-13-6-8-20-9-7-13/h3-12,16H,1-2H3,(H,22,24)(H,23,25)/b21-11+. The number of nitrogens with one attached hydrogen (secondary N) is 2. The van der Waals surface area contributed by atoms with Gasteiger partial charge in [0, 0.05) is 23.0 Å². The predicted molar refractivity (Wildman–Crippen MR) is 97.5 cm³/mol. The summed E-state index contributed by atoms with van der Waals surface area (Å²) in [6.07, 6.45) is 4.77. The van der Waals surface area contributed by atoms with Crippen LogP contribution in [0.1, 0.15) is 29.8 Å². The van der Waals surface area contributed by atoms with Crippen LogP contribution in [0.4, 0.5) is 0 Å². The third-order valence-electron chi connectivity index (χ3n) is 3.42. The lowest BCUT2D eigenvalue weighted by atomic mass is 10.0. The molecule has 0 radical (unpaired) electrons. The van der Waals surface area contributed by atoms with Crippen molar-refractivity contribution in [3.63, 3.8) is 0 Å². The lowest BCUT2D eigenvalue weighted by Gasteiger charge is -2.20. The number of carbonyl (C=O) groups excluding carboxylic acids is 2. The molecule has 0 aliphatic heterocycles. The molecule has 2 rings (SSSR count). The Labute approximate surface area is 151 Å². The van der Waals surface area contributed by atoms with Gasteiger partial charge in [0.1, 0.15) is 6.04 Å². The minimum atomic E-state index is -0.721. The van der Waals surface area contributed by atoms with E-state index in [1.807, 2.05) is 13.8 Å². The number of pyridine rings is 1. The first-order valence-electron chi connectivity index (χ1n) is 7.76. The van der Waals surface area contributed by atoms with Crippen molar-refractivity contribution in [2.45, 2.75) is 19.9 Å². The molecular formula is C18H19ClN4O2. The van der Waals surface area contributed by atoms with E-state index in [0.717, 1.165) is 5.56 Å². The first-order chi connectivity index (χ1) is 12.0. The molecular weight excluding hydrogens is 340 g/mol. The van der Waals surface area contributed by atoms with Crippen LogP contribution < -0.4 is 10.7 Å². The Morgan fingerprint density at radius 3 is 2.56 bits per heavy atom. The first-order valence-corrected chi connectivity index (χ1v) is 8.14. The van der Waals surface area contributed by atoms with Crippen molar-refractivity contribution in [2.24, 2.45) is 11.0 Å². The zero-order chi connectivity index (χ0) is 18.2. The van der Waals surface area contributed by atoms with Crippen molar-refractivity contribution < 1.29 is 9.59 Å². The lowest BCUT2D eigenvalue weighted by Crippen LogP contribution is -2.48. The lowest BCUT2D eigenvalue weighted by molar-refractivity contribution is -0.123. The highest BCUT2D eigenvalue weighted by Crippen LogP contribution is 2.11. The number of hydrazone groups is 1. The van der Waals surface area contributed by atoms with Crippen molar-refractivity contribution >= 4 is 29.6 Å². The number of rotatable bonds is 6.